The zero-order valence-corrected chi connectivity index (χ0v) is 12.7. The molecule has 0 aromatic carbocycles. The average Bonchev–Trinajstić information content (AvgIpc) is 3.13. The summed E-state index contributed by atoms with van der Waals surface area (Å²) in [6, 6.07) is 4.01. The molecule has 3 rings (SSSR count). The fourth-order valence-corrected chi connectivity index (χ4v) is 2.11. The first-order valence-electron chi connectivity index (χ1n) is 7.16. The number of carbonyl (C=O) groups excluding carboxylic acids is 1. The van der Waals surface area contributed by atoms with E-state index in [9.17, 15) is 4.79 Å². The van der Waals surface area contributed by atoms with Gasteiger partial charge in [0, 0.05) is 24.0 Å². The van der Waals surface area contributed by atoms with Crippen LogP contribution < -0.4 is 0 Å². The molecule has 0 aliphatic heterocycles. The molecular weight excluding hydrogens is 282 g/mol. The molecule has 0 N–H and O–H groups in total. The molecule has 0 aliphatic carbocycles. The van der Waals surface area contributed by atoms with E-state index in [1.54, 1.807) is 22.2 Å². The molecule has 114 valence electrons. The van der Waals surface area contributed by atoms with E-state index in [-0.39, 0.29) is 6.04 Å². The van der Waals surface area contributed by atoms with Crippen molar-refractivity contribution in [3.8, 4) is 11.3 Å². The van der Waals surface area contributed by atoms with Crippen LogP contribution in [0.4, 0.5) is 0 Å². The zero-order chi connectivity index (χ0) is 15.7. The molecule has 0 radical (unpaired) electrons. The Kier molecular flexibility index (Phi) is 3.62. The van der Waals surface area contributed by atoms with Gasteiger partial charge in [-0.25, -0.2) is 14.5 Å². The molecule has 7 nitrogen and oxygen atoms in total. The lowest BCUT2D eigenvalue weighted by molar-refractivity contribution is 0.0520. The third kappa shape index (κ3) is 2.57. The van der Waals surface area contributed by atoms with Gasteiger partial charge < -0.3 is 9.14 Å². The zero-order valence-electron chi connectivity index (χ0n) is 12.7. The molecule has 0 saturated heterocycles. The van der Waals surface area contributed by atoms with E-state index in [0.717, 1.165) is 11.3 Å². The summed E-state index contributed by atoms with van der Waals surface area (Å²) in [4.78, 5) is 16.0. The van der Waals surface area contributed by atoms with Crippen molar-refractivity contribution in [1.82, 2.24) is 24.4 Å². The highest BCUT2D eigenvalue weighted by atomic mass is 16.5. The Morgan fingerprint density at radius 1 is 1.27 bits per heavy atom. The van der Waals surface area contributed by atoms with Gasteiger partial charge in [-0.1, -0.05) is 5.21 Å². The van der Waals surface area contributed by atoms with Crippen LogP contribution in [-0.4, -0.2) is 37.0 Å². The van der Waals surface area contributed by atoms with Crippen LogP contribution in [0.5, 0.6) is 0 Å². The van der Waals surface area contributed by atoms with Crippen molar-refractivity contribution in [1.29, 1.82) is 0 Å². The van der Waals surface area contributed by atoms with Gasteiger partial charge in [-0.3, -0.25) is 0 Å². The van der Waals surface area contributed by atoms with Crippen molar-refractivity contribution < 1.29 is 9.53 Å². The third-order valence-corrected chi connectivity index (χ3v) is 3.27. The molecule has 0 atom stereocenters. The maximum atomic E-state index is 11.7. The second-order valence-electron chi connectivity index (χ2n) is 5.21. The summed E-state index contributed by atoms with van der Waals surface area (Å²) >= 11 is 0. The minimum Gasteiger partial charge on any atom is -0.461 e. The van der Waals surface area contributed by atoms with E-state index in [1.807, 2.05) is 38.4 Å². The minimum absolute atomic E-state index is 0.258. The SMILES string of the molecule is CCOC(=O)c1cn2cc(-c3cn(C(C)C)nn3)ccc2n1. The van der Waals surface area contributed by atoms with Crippen LogP contribution in [0.2, 0.25) is 0 Å². The topological polar surface area (TPSA) is 74.3 Å². The summed E-state index contributed by atoms with van der Waals surface area (Å²) in [5, 5.41) is 8.27. The fraction of sp³-hybridized carbons (Fsp3) is 0.333. The summed E-state index contributed by atoms with van der Waals surface area (Å²) in [6.45, 7) is 6.19. The standard InChI is InChI=1S/C15H17N5O2/c1-4-22-15(21)13-8-19-7-11(5-6-14(19)16-13)12-9-20(10(2)3)18-17-12/h5-10H,4H2,1-3H3. The lowest BCUT2D eigenvalue weighted by atomic mass is 10.2. The van der Waals surface area contributed by atoms with Gasteiger partial charge in [0.25, 0.3) is 0 Å². The number of pyridine rings is 1. The number of imidazole rings is 1. The van der Waals surface area contributed by atoms with Gasteiger partial charge in [-0.2, -0.15) is 0 Å². The molecule has 0 fully saturated rings. The van der Waals surface area contributed by atoms with Crippen molar-refractivity contribution in [3.63, 3.8) is 0 Å². The van der Waals surface area contributed by atoms with Crippen molar-refractivity contribution in [2.24, 2.45) is 0 Å². The number of hydrogen-bond acceptors (Lipinski definition) is 5. The number of fused-ring (bicyclic) bond motifs is 1. The first-order valence-corrected chi connectivity index (χ1v) is 7.16. The number of ether oxygens (including phenoxy) is 1. The average molecular weight is 299 g/mol. The summed E-state index contributed by atoms with van der Waals surface area (Å²) in [5.74, 6) is -0.418. The Morgan fingerprint density at radius 2 is 2.09 bits per heavy atom. The smallest absolute Gasteiger partial charge is 0.358 e. The van der Waals surface area contributed by atoms with Gasteiger partial charge in [-0.15, -0.1) is 5.10 Å². The minimum atomic E-state index is -0.418. The predicted molar refractivity (Wildman–Crippen MR) is 80.5 cm³/mol. The normalized spacial score (nSPS) is 11.3. The third-order valence-electron chi connectivity index (χ3n) is 3.27. The van der Waals surface area contributed by atoms with E-state index < -0.39 is 5.97 Å². The number of carbonyl (C=O) groups is 1. The summed E-state index contributed by atoms with van der Waals surface area (Å²) in [7, 11) is 0. The molecule has 0 aliphatic rings. The second-order valence-corrected chi connectivity index (χ2v) is 5.21. The van der Waals surface area contributed by atoms with E-state index in [1.165, 1.54) is 0 Å². The molecule has 22 heavy (non-hydrogen) atoms. The van der Waals surface area contributed by atoms with Crippen molar-refractivity contribution in [2.75, 3.05) is 6.61 Å². The molecule has 3 heterocycles. The molecule has 3 aromatic rings. The summed E-state index contributed by atoms with van der Waals surface area (Å²) < 4.78 is 8.55. The van der Waals surface area contributed by atoms with Gasteiger partial charge >= 0.3 is 5.97 Å². The molecule has 0 saturated carbocycles. The Balaban J connectivity index is 1.96. The molecule has 0 bridgehead atoms. The molecule has 0 spiro atoms. The van der Waals surface area contributed by atoms with Gasteiger partial charge in [0.2, 0.25) is 0 Å². The van der Waals surface area contributed by atoms with Crippen LogP contribution in [0.1, 0.15) is 37.3 Å². The van der Waals surface area contributed by atoms with Crippen LogP contribution in [0.15, 0.2) is 30.7 Å². The Labute approximate surface area is 127 Å². The Morgan fingerprint density at radius 3 is 2.77 bits per heavy atom. The Bertz CT molecular complexity index is 818. The number of rotatable bonds is 4. The second kappa shape index (κ2) is 5.59. The maximum Gasteiger partial charge on any atom is 0.358 e. The quantitative estimate of drug-likeness (QED) is 0.691. The first-order chi connectivity index (χ1) is 10.6. The van der Waals surface area contributed by atoms with Gasteiger partial charge in [0.05, 0.1) is 12.8 Å². The van der Waals surface area contributed by atoms with Crippen molar-refractivity contribution in [2.45, 2.75) is 26.8 Å². The molecule has 3 aromatic heterocycles. The monoisotopic (exact) mass is 299 g/mol. The van der Waals surface area contributed by atoms with Crippen molar-refractivity contribution >= 4 is 11.6 Å². The van der Waals surface area contributed by atoms with Gasteiger partial charge in [-0.05, 0) is 32.9 Å². The highest BCUT2D eigenvalue weighted by Gasteiger charge is 2.13. The highest BCUT2D eigenvalue weighted by Crippen LogP contribution is 2.19. The van der Waals surface area contributed by atoms with Crippen LogP contribution in [0.3, 0.4) is 0 Å². The number of aromatic nitrogens is 5. The lowest BCUT2D eigenvalue weighted by Crippen LogP contribution is -2.04. The number of esters is 1. The Hall–Kier alpha value is -2.70. The molecule has 0 unspecified atom stereocenters. The van der Waals surface area contributed by atoms with Crippen LogP contribution >= 0.6 is 0 Å². The molecule has 0 amide bonds. The summed E-state index contributed by atoms with van der Waals surface area (Å²) in [6.07, 6.45) is 5.43. The maximum absolute atomic E-state index is 11.7. The summed E-state index contributed by atoms with van der Waals surface area (Å²) in [5.41, 5.74) is 2.67. The predicted octanol–water partition coefficient (Wildman–Crippen LogP) is 2.35. The fourth-order valence-electron chi connectivity index (χ4n) is 2.11. The van der Waals surface area contributed by atoms with E-state index in [2.05, 4.69) is 15.3 Å². The van der Waals surface area contributed by atoms with Crippen molar-refractivity contribution in [3.05, 3.63) is 36.4 Å². The molecule has 7 heteroatoms. The van der Waals surface area contributed by atoms with E-state index >= 15 is 0 Å². The van der Waals surface area contributed by atoms with E-state index in [4.69, 9.17) is 4.74 Å². The largest absolute Gasteiger partial charge is 0.461 e. The lowest BCUT2D eigenvalue weighted by Gasteiger charge is -2.01. The number of nitrogens with zero attached hydrogens (tertiary/aromatic N) is 5. The van der Waals surface area contributed by atoms with Gasteiger partial charge in [0.1, 0.15) is 11.3 Å². The highest BCUT2D eigenvalue weighted by molar-refractivity contribution is 5.88. The van der Waals surface area contributed by atoms with Crippen LogP contribution in [0.25, 0.3) is 16.9 Å². The van der Waals surface area contributed by atoms with Crippen LogP contribution in [-0.2, 0) is 4.74 Å². The van der Waals surface area contributed by atoms with Gasteiger partial charge in [0.15, 0.2) is 5.69 Å². The number of hydrogen-bond donors (Lipinski definition) is 0. The van der Waals surface area contributed by atoms with E-state index in [0.29, 0.717) is 17.9 Å². The van der Waals surface area contributed by atoms with Crippen LogP contribution in [0, 0.1) is 0 Å². The molecular formula is C15H17N5O2. The first kappa shape index (κ1) is 14.2.